The minimum absolute atomic E-state index is 0.224. The molecule has 0 radical (unpaired) electrons. The van der Waals surface area contributed by atoms with Gasteiger partial charge in [-0.05, 0) is 30.3 Å². The topological polar surface area (TPSA) is 76.2 Å². The summed E-state index contributed by atoms with van der Waals surface area (Å²) in [5.41, 5.74) is 1.96. The molecule has 0 fully saturated rings. The fourth-order valence-corrected chi connectivity index (χ4v) is 2.31. The van der Waals surface area contributed by atoms with Crippen LogP contribution in [0.4, 0.5) is 0 Å². The Morgan fingerprint density at radius 2 is 1.88 bits per heavy atom. The third-order valence-corrected chi connectivity index (χ3v) is 3.59. The lowest BCUT2D eigenvalue weighted by Gasteiger charge is -2.06. The van der Waals surface area contributed by atoms with E-state index in [1.54, 1.807) is 13.2 Å². The van der Waals surface area contributed by atoms with Crippen molar-refractivity contribution in [1.29, 1.82) is 0 Å². The van der Waals surface area contributed by atoms with Crippen LogP contribution in [0.2, 0.25) is 0 Å². The molecule has 0 saturated carbocycles. The molecule has 6 nitrogen and oxygen atoms in total. The first-order valence-corrected chi connectivity index (χ1v) is 7.92. The van der Waals surface area contributed by atoms with Gasteiger partial charge in [0.15, 0.2) is 0 Å². The van der Waals surface area contributed by atoms with Gasteiger partial charge in [-0.15, -0.1) is 0 Å². The van der Waals surface area contributed by atoms with Gasteiger partial charge < -0.3 is 14.8 Å². The van der Waals surface area contributed by atoms with Crippen molar-refractivity contribution >= 4 is 5.91 Å². The van der Waals surface area contributed by atoms with Gasteiger partial charge in [-0.1, -0.05) is 30.3 Å². The summed E-state index contributed by atoms with van der Waals surface area (Å²) in [6.45, 7) is 0.799. The van der Waals surface area contributed by atoms with Gasteiger partial charge in [0.05, 0.1) is 19.3 Å². The number of amides is 1. The number of carbonyl (C=O) groups excluding carboxylic acids is 1. The maximum absolute atomic E-state index is 12.2. The van der Waals surface area contributed by atoms with Crippen LogP contribution in [0, 0.1) is 0 Å². The minimum atomic E-state index is -0.224. The number of nitrogens with zero attached hydrogens (tertiary/aromatic N) is 1. The molecule has 3 aromatic rings. The highest BCUT2D eigenvalue weighted by Gasteiger charge is 2.11. The summed E-state index contributed by atoms with van der Waals surface area (Å²) in [5, 5.41) is 9.74. The Bertz CT molecular complexity index is 831. The first kappa shape index (κ1) is 16.6. The first-order valence-electron chi connectivity index (χ1n) is 7.92. The molecule has 128 valence electrons. The van der Waals surface area contributed by atoms with E-state index in [-0.39, 0.29) is 5.91 Å². The lowest BCUT2D eigenvalue weighted by atomic mass is 10.1. The van der Waals surface area contributed by atoms with Crippen molar-refractivity contribution in [2.45, 2.75) is 0 Å². The molecule has 2 aromatic carbocycles. The van der Waals surface area contributed by atoms with Crippen LogP contribution in [0.3, 0.4) is 0 Å². The number of aromatic nitrogens is 2. The van der Waals surface area contributed by atoms with Crippen molar-refractivity contribution in [3.63, 3.8) is 0 Å². The summed E-state index contributed by atoms with van der Waals surface area (Å²) < 4.78 is 10.7. The van der Waals surface area contributed by atoms with Gasteiger partial charge in [0.2, 0.25) is 0 Å². The number of hydrogen-bond donors (Lipinski definition) is 2. The summed E-state index contributed by atoms with van der Waals surface area (Å²) in [4.78, 5) is 12.2. The summed E-state index contributed by atoms with van der Waals surface area (Å²) in [6.07, 6.45) is 0. The average Bonchev–Trinajstić information content (AvgIpc) is 3.16. The van der Waals surface area contributed by atoms with E-state index in [9.17, 15) is 4.79 Å². The van der Waals surface area contributed by atoms with Crippen molar-refractivity contribution in [1.82, 2.24) is 15.5 Å². The predicted octanol–water partition coefficient (Wildman–Crippen LogP) is 2.89. The third kappa shape index (κ3) is 4.38. The van der Waals surface area contributed by atoms with Gasteiger partial charge in [-0.25, -0.2) is 0 Å². The maximum Gasteiger partial charge on any atom is 0.269 e. The second-order valence-corrected chi connectivity index (χ2v) is 5.32. The molecule has 6 heteroatoms. The van der Waals surface area contributed by atoms with Crippen molar-refractivity contribution in [3.05, 3.63) is 66.4 Å². The SMILES string of the molecule is COc1cccc(-c2cc(C(=O)NCCOc3ccccc3)[nH]n2)c1. The van der Waals surface area contributed by atoms with Crippen LogP contribution in [0.15, 0.2) is 60.7 Å². The van der Waals surface area contributed by atoms with E-state index < -0.39 is 0 Å². The van der Waals surface area contributed by atoms with Gasteiger partial charge in [0.1, 0.15) is 23.8 Å². The van der Waals surface area contributed by atoms with Crippen LogP contribution in [0.5, 0.6) is 11.5 Å². The highest BCUT2D eigenvalue weighted by molar-refractivity contribution is 5.93. The second kappa shape index (κ2) is 8.01. The maximum atomic E-state index is 12.2. The molecule has 2 N–H and O–H groups in total. The molecule has 0 unspecified atom stereocenters. The number of rotatable bonds is 7. The highest BCUT2D eigenvalue weighted by atomic mass is 16.5. The standard InChI is InChI=1S/C19H19N3O3/c1-24-16-9-5-6-14(12-16)17-13-18(22-21-17)19(23)20-10-11-25-15-7-3-2-4-8-15/h2-9,12-13H,10-11H2,1H3,(H,20,23)(H,21,22). The Morgan fingerprint density at radius 1 is 1.08 bits per heavy atom. The van der Waals surface area contributed by atoms with Gasteiger partial charge >= 0.3 is 0 Å². The average molecular weight is 337 g/mol. The van der Waals surface area contributed by atoms with Gasteiger partial charge in [-0.3, -0.25) is 9.89 Å². The van der Waals surface area contributed by atoms with E-state index in [2.05, 4.69) is 15.5 Å². The number of methoxy groups -OCH3 is 1. The number of hydrogen-bond acceptors (Lipinski definition) is 4. The second-order valence-electron chi connectivity index (χ2n) is 5.32. The van der Waals surface area contributed by atoms with E-state index in [1.165, 1.54) is 0 Å². The van der Waals surface area contributed by atoms with Crippen molar-refractivity contribution in [3.8, 4) is 22.8 Å². The molecule has 1 amide bonds. The number of H-pyrrole nitrogens is 1. The van der Waals surface area contributed by atoms with E-state index in [0.29, 0.717) is 24.5 Å². The van der Waals surface area contributed by atoms with E-state index >= 15 is 0 Å². The zero-order valence-corrected chi connectivity index (χ0v) is 13.9. The van der Waals surface area contributed by atoms with Crippen molar-refractivity contribution in [2.24, 2.45) is 0 Å². The van der Waals surface area contributed by atoms with Crippen LogP contribution in [0.1, 0.15) is 10.5 Å². The zero-order chi connectivity index (χ0) is 17.5. The van der Waals surface area contributed by atoms with E-state index in [4.69, 9.17) is 9.47 Å². The summed E-state index contributed by atoms with van der Waals surface area (Å²) in [7, 11) is 1.61. The van der Waals surface area contributed by atoms with Gasteiger partial charge in [-0.2, -0.15) is 5.10 Å². The number of ether oxygens (including phenoxy) is 2. The quantitative estimate of drug-likeness (QED) is 0.650. The van der Waals surface area contributed by atoms with Gasteiger partial charge in [0.25, 0.3) is 5.91 Å². The predicted molar refractivity (Wildman–Crippen MR) is 94.8 cm³/mol. The van der Waals surface area contributed by atoms with Crippen LogP contribution >= 0.6 is 0 Å². The molecule has 0 atom stereocenters. The Hall–Kier alpha value is -3.28. The highest BCUT2D eigenvalue weighted by Crippen LogP contribution is 2.22. The largest absolute Gasteiger partial charge is 0.497 e. The lowest BCUT2D eigenvalue weighted by Crippen LogP contribution is -2.28. The zero-order valence-electron chi connectivity index (χ0n) is 13.9. The van der Waals surface area contributed by atoms with Crippen LogP contribution in [0.25, 0.3) is 11.3 Å². The molecule has 0 aliphatic heterocycles. The van der Waals surface area contributed by atoms with E-state index in [0.717, 1.165) is 17.1 Å². The van der Waals surface area contributed by atoms with Crippen LogP contribution < -0.4 is 14.8 Å². The molecule has 25 heavy (non-hydrogen) atoms. The molecule has 0 saturated heterocycles. The molecule has 3 rings (SSSR count). The first-order chi connectivity index (χ1) is 12.3. The normalized spacial score (nSPS) is 10.3. The molecular formula is C19H19N3O3. The molecule has 0 aliphatic rings. The summed E-state index contributed by atoms with van der Waals surface area (Å²) in [5.74, 6) is 1.29. The fraction of sp³-hybridized carbons (Fsp3) is 0.158. The molecular weight excluding hydrogens is 318 g/mol. The number of benzene rings is 2. The number of aromatic amines is 1. The summed E-state index contributed by atoms with van der Waals surface area (Å²) >= 11 is 0. The van der Waals surface area contributed by atoms with Gasteiger partial charge in [0, 0.05) is 5.56 Å². The molecule has 1 heterocycles. The number of nitrogens with one attached hydrogen (secondary N) is 2. The fourth-order valence-electron chi connectivity index (χ4n) is 2.31. The minimum Gasteiger partial charge on any atom is -0.497 e. The Morgan fingerprint density at radius 3 is 2.68 bits per heavy atom. The molecule has 0 aliphatic carbocycles. The Balaban J connectivity index is 1.53. The molecule has 0 bridgehead atoms. The van der Waals surface area contributed by atoms with Crippen LogP contribution in [-0.2, 0) is 0 Å². The Labute approximate surface area is 145 Å². The molecule has 1 aromatic heterocycles. The molecule has 0 spiro atoms. The summed E-state index contributed by atoms with van der Waals surface area (Å²) in [6, 6.07) is 18.7. The van der Waals surface area contributed by atoms with E-state index in [1.807, 2.05) is 54.6 Å². The van der Waals surface area contributed by atoms with Crippen molar-refractivity contribution in [2.75, 3.05) is 20.3 Å². The number of para-hydroxylation sites is 1. The number of carbonyl (C=O) groups is 1. The smallest absolute Gasteiger partial charge is 0.269 e. The van der Waals surface area contributed by atoms with Crippen LogP contribution in [-0.4, -0.2) is 36.4 Å². The third-order valence-electron chi connectivity index (χ3n) is 3.59. The van der Waals surface area contributed by atoms with Crippen molar-refractivity contribution < 1.29 is 14.3 Å². The monoisotopic (exact) mass is 337 g/mol. The lowest BCUT2D eigenvalue weighted by molar-refractivity contribution is 0.0942. The Kier molecular flexibility index (Phi) is 5.31.